The zero-order valence-corrected chi connectivity index (χ0v) is 16.8. The van der Waals surface area contributed by atoms with Gasteiger partial charge in [0.05, 0.1) is 18.8 Å². The number of methoxy groups -OCH3 is 1. The molecule has 0 aliphatic carbocycles. The first kappa shape index (κ1) is 23.5. The molecule has 0 aromatic carbocycles. The maximum atomic E-state index is 11.9. The van der Waals surface area contributed by atoms with Crippen LogP contribution in [0.1, 0.15) is 41.0 Å². The van der Waals surface area contributed by atoms with Crippen LogP contribution in [0.15, 0.2) is 4.99 Å². The number of alkyl carbamates (subject to hydrolysis) is 1. The lowest BCUT2D eigenvalue weighted by Crippen LogP contribution is -2.54. The van der Waals surface area contributed by atoms with Gasteiger partial charge in [-0.2, -0.15) is 0 Å². The molecule has 0 saturated carbocycles. The van der Waals surface area contributed by atoms with E-state index in [9.17, 15) is 4.79 Å². The molecular formula is C17H36N4O4. The van der Waals surface area contributed by atoms with Crippen molar-refractivity contribution in [1.82, 2.24) is 16.0 Å². The van der Waals surface area contributed by atoms with Gasteiger partial charge in [-0.25, -0.2) is 4.79 Å². The van der Waals surface area contributed by atoms with Crippen LogP contribution in [0.3, 0.4) is 0 Å². The van der Waals surface area contributed by atoms with Crippen molar-refractivity contribution >= 4 is 12.1 Å². The van der Waals surface area contributed by atoms with Crippen molar-refractivity contribution in [3.63, 3.8) is 0 Å². The zero-order chi connectivity index (χ0) is 19.3. The molecular weight excluding hydrogens is 324 g/mol. The van der Waals surface area contributed by atoms with E-state index >= 15 is 0 Å². The van der Waals surface area contributed by atoms with Crippen molar-refractivity contribution in [1.29, 1.82) is 0 Å². The third-order valence-corrected chi connectivity index (χ3v) is 2.95. The van der Waals surface area contributed by atoms with Crippen molar-refractivity contribution in [3.05, 3.63) is 0 Å². The van der Waals surface area contributed by atoms with Crippen LogP contribution >= 0.6 is 0 Å². The summed E-state index contributed by atoms with van der Waals surface area (Å²) in [4.78, 5) is 16.0. The van der Waals surface area contributed by atoms with Crippen molar-refractivity contribution in [2.75, 3.05) is 47.1 Å². The minimum atomic E-state index is -0.517. The highest BCUT2D eigenvalue weighted by Crippen LogP contribution is 2.09. The summed E-state index contributed by atoms with van der Waals surface area (Å²) in [7, 11) is 3.36. The lowest BCUT2D eigenvalue weighted by atomic mass is 10.1. The first-order valence-corrected chi connectivity index (χ1v) is 8.62. The topological polar surface area (TPSA) is 93.2 Å². The highest BCUT2D eigenvalue weighted by Gasteiger charge is 2.24. The van der Waals surface area contributed by atoms with E-state index in [1.807, 2.05) is 34.6 Å². The molecule has 1 amide bonds. The molecule has 0 aliphatic rings. The predicted molar refractivity (Wildman–Crippen MR) is 100 cm³/mol. The Morgan fingerprint density at radius 2 is 1.72 bits per heavy atom. The van der Waals surface area contributed by atoms with Gasteiger partial charge in [0.15, 0.2) is 5.96 Å². The molecule has 0 aromatic heterocycles. The van der Waals surface area contributed by atoms with Gasteiger partial charge < -0.3 is 30.2 Å². The van der Waals surface area contributed by atoms with Crippen LogP contribution in [-0.2, 0) is 14.2 Å². The third kappa shape index (κ3) is 14.5. The molecule has 25 heavy (non-hydrogen) atoms. The molecule has 0 unspecified atom stereocenters. The maximum Gasteiger partial charge on any atom is 0.408 e. The minimum absolute atomic E-state index is 0.435. The quantitative estimate of drug-likeness (QED) is 0.311. The van der Waals surface area contributed by atoms with Gasteiger partial charge in [-0.05, 0) is 41.0 Å². The Hall–Kier alpha value is -1.54. The van der Waals surface area contributed by atoms with Gasteiger partial charge in [0.2, 0.25) is 0 Å². The number of carbonyl (C=O) groups excluding carboxylic acids is 1. The molecule has 0 heterocycles. The van der Waals surface area contributed by atoms with Gasteiger partial charge >= 0.3 is 6.09 Å². The largest absolute Gasteiger partial charge is 0.444 e. The Morgan fingerprint density at radius 1 is 1.04 bits per heavy atom. The second-order valence-electron chi connectivity index (χ2n) is 7.32. The molecule has 0 atom stereocenters. The normalized spacial score (nSPS) is 12.7. The Labute approximate surface area is 152 Å². The SMILES string of the molecule is CN=C(NCCCOCCOC)NCC(C)(C)NC(=O)OC(C)(C)C. The number of hydrogen-bond acceptors (Lipinski definition) is 5. The lowest BCUT2D eigenvalue weighted by Gasteiger charge is -2.29. The predicted octanol–water partition coefficient (Wildman–Crippen LogP) is 1.51. The van der Waals surface area contributed by atoms with Gasteiger partial charge in [0.25, 0.3) is 0 Å². The summed E-state index contributed by atoms with van der Waals surface area (Å²) in [5, 5.41) is 9.25. The molecule has 3 N–H and O–H groups in total. The first-order chi connectivity index (χ1) is 11.6. The fourth-order valence-electron chi connectivity index (χ4n) is 1.77. The molecule has 0 saturated heterocycles. The number of hydrogen-bond donors (Lipinski definition) is 3. The number of rotatable bonds is 10. The fraction of sp³-hybridized carbons (Fsp3) is 0.882. The highest BCUT2D eigenvalue weighted by atomic mass is 16.6. The van der Waals surface area contributed by atoms with Crippen LogP contribution in [0, 0.1) is 0 Å². The molecule has 0 radical (unpaired) electrons. The maximum absolute atomic E-state index is 11.9. The van der Waals surface area contributed by atoms with Crippen LogP contribution in [0.4, 0.5) is 4.79 Å². The van der Waals surface area contributed by atoms with E-state index in [1.165, 1.54) is 0 Å². The van der Waals surface area contributed by atoms with Crippen LogP contribution in [-0.4, -0.2) is 70.3 Å². The summed E-state index contributed by atoms with van der Waals surface area (Å²) in [6.07, 6.45) is 0.430. The van der Waals surface area contributed by atoms with E-state index in [0.29, 0.717) is 32.3 Å². The van der Waals surface area contributed by atoms with Gasteiger partial charge in [0, 0.05) is 33.9 Å². The number of amides is 1. The van der Waals surface area contributed by atoms with E-state index in [4.69, 9.17) is 14.2 Å². The number of aliphatic imine (C=N–C) groups is 1. The Bertz CT molecular complexity index is 406. The third-order valence-electron chi connectivity index (χ3n) is 2.95. The second-order valence-corrected chi connectivity index (χ2v) is 7.32. The van der Waals surface area contributed by atoms with Crippen molar-refractivity contribution in [2.45, 2.75) is 52.2 Å². The molecule has 8 heteroatoms. The fourth-order valence-corrected chi connectivity index (χ4v) is 1.77. The van der Waals surface area contributed by atoms with Crippen LogP contribution in [0.5, 0.6) is 0 Å². The molecule has 0 aromatic rings. The van der Waals surface area contributed by atoms with E-state index in [1.54, 1.807) is 14.2 Å². The van der Waals surface area contributed by atoms with Crippen molar-refractivity contribution in [3.8, 4) is 0 Å². The monoisotopic (exact) mass is 360 g/mol. The van der Waals surface area contributed by atoms with Crippen molar-refractivity contribution < 1.29 is 19.0 Å². The lowest BCUT2D eigenvalue weighted by molar-refractivity contribution is 0.0474. The zero-order valence-electron chi connectivity index (χ0n) is 16.8. The summed E-state index contributed by atoms with van der Waals surface area (Å²) in [5.74, 6) is 0.677. The summed E-state index contributed by atoms with van der Waals surface area (Å²) in [6.45, 7) is 12.5. The molecule has 0 aliphatic heterocycles. The molecule has 148 valence electrons. The number of nitrogens with one attached hydrogen (secondary N) is 3. The molecule has 0 bridgehead atoms. The summed E-state index contributed by atoms with van der Waals surface area (Å²) >= 11 is 0. The molecule has 0 rings (SSSR count). The average molecular weight is 360 g/mol. The van der Waals surface area contributed by atoms with E-state index in [2.05, 4.69) is 20.9 Å². The molecule has 8 nitrogen and oxygen atoms in total. The van der Waals surface area contributed by atoms with Gasteiger partial charge in [-0.3, -0.25) is 4.99 Å². The smallest absolute Gasteiger partial charge is 0.408 e. The number of nitrogens with zero attached hydrogens (tertiary/aromatic N) is 1. The molecule has 0 spiro atoms. The second kappa shape index (κ2) is 11.9. The van der Waals surface area contributed by atoms with Crippen LogP contribution in [0.2, 0.25) is 0 Å². The van der Waals surface area contributed by atoms with E-state index < -0.39 is 17.2 Å². The first-order valence-electron chi connectivity index (χ1n) is 8.62. The number of carbonyl (C=O) groups is 1. The highest BCUT2D eigenvalue weighted by molar-refractivity contribution is 5.79. The van der Waals surface area contributed by atoms with Gasteiger partial charge in [-0.1, -0.05) is 0 Å². The Kier molecular flexibility index (Phi) is 11.2. The van der Waals surface area contributed by atoms with Gasteiger partial charge in [-0.15, -0.1) is 0 Å². The summed E-state index contributed by atoms with van der Waals surface area (Å²) in [5.41, 5.74) is -1.00. The summed E-state index contributed by atoms with van der Waals surface area (Å²) in [6, 6.07) is 0. The number of guanidine groups is 1. The standard InChI is InChI=1S/C17H36N4O4/c1-16(2,3)25-15(22)21-17(4,5)13-20-14(18-6)19-9-8-10-24-12-11-23-7/h8-13H2,1-7H3,(H,21,22)(H2,18,19,20). The minimum Gasteiger partial charge on any atom is -0.444 e. The number of ether oxygens (including phenoxy) is 3. The van der Waals surface area contributed by atoms with Crippen molar-refractivity contribution in [2.24, 2.45) is 4.99 Å². The average Bonchev–Trinajstić information content (AvgIpc) is 2.46. The van der Waals surface area contributed by atoms with Gasteiger partial charge in [0.1, 0.15) is 5.60 Å². The van der Waals surface area contributed by atoms with E-state index in [-0.39, 0.29) is 0 Å². The van der Waals surface area contributed by atoms with Crippen LogP contribution < -0.4 is 16.0 Å². The van der Waals surface area contributed by atoms with E-state index in [0.717, 1.165) is 13.0 Å². The Balaban J connectivity index is 4.05. The summed E-state index contributed by atoms with van der Waals surface area (Å²) < 4.78 is 15.6. The molecule has 0 fully saturated rings. The Morgan fingerprint density at radius 3 is 2.28 bits per heavy atom. The van der Waals surface area contributed by atoms with Crippen LogP contribution in [0.25, 0.3) is 0 Å².